The molecule has 1 aromatic rings. The van der Waals surface area contributed by atoms with Gasteiger partial charge in [-0.1, -0.05) is 37.6 Å². The summed E-state index contributed by atoms with van der Waals surface area (Å²) < 4.78 is 0. The standard InChI is InChI=1S/C18H27N/c1-3-14-6-4-5-7-17(14)18(19-2)12-16-11-13-8-9-15(16)10-13/h4-7,13,15-16,18-19H,3,8-12H2,1-2H3. The van der Waals surface area contributed by atoms with Gasteiger partial charge in [0.05, 0.1) is 0 Å². The molecule has 0 spiro atoms. The monoisotopic (exact) mass is 257 g/mol. The van der Waals surface area contributed by atoms with Gasteiger partial charge in [0.25, 0.3) is 0 Å². The van der Waals surface area contributed by atoms with Gasteiger partial charge in [0.15, 0.2) is 0 Å². The largest absolute Gasteiger partial charge is 0.313 e. The number of rotatable bonds is 5. The molecule has 0 aromatic heterocycles. The molecule has 0 saturated heterocycles. The third-order valence-electron chi connectivity index (χ3n) is 5.58. The minimum absolute atomic E-state index is 0.556. The highest BCUT2D eigenvalue weighted by Crippen LogP contribution is 2.51. The molecule has 2 bridgehead atoms. The molecule has 2 aliphatic carbocycles. The second kappa shape index (κ2) is 5.66. The third kappa shape index (κ3) is 2.58. The van der Waals surface area contributed by atoms with E-state index in [0.717, 1.165) is 24.2 Å². The molecule has 0 amide bonds. The third-order valence-corrected chi connectivity index (χ3v) is 5.58. The zero-order valence-electron chi connectivity index (χ0n) is 12.4. The summed E-state index contributed by atoms with van der Waals surface area (Å²) in [6.45, 7) is 2.27. The van der Waals surface area contributed by atoms with E-state index in [1.54, 1.807) is 0 Å². The lowest BCUT2D eigenvalue weighted by molar-refractivity contribution is 0.284. The van der Waals surface area contributed by atoms with Crippen molar-refractivity contribution in [1.29, 1.82) is 0 Å². The van der Waals surface area contributed by atoms with Crippen LogP contribution in [-0.4, -0.2) is 7.05 Å². The van der Waals surface area contributed by atoms with Gasteiger partial charge in [-0.2, -0.15) is 0 Å². The molecule has 2 fully saturated rings. The predicted molar refractivity (Wildman–Crippen MR) is 81.2 cm³/mol. The van der Waals surface area contributed by atoms with Crippen LogP contribution in [0.15, 0.2) is 24.3 Å². The van der Waals surface area contributed by atoms with E-state index in [4.69, 9.17) is 0 Å². The lowest BCUT2D eigenvalue weighted by atomic mass is 9.82. The smallest absolute Gasteiger partial charge is 0.0323 e. The topological polar surface area (TPSA) is 12.0 Å². The number of hydrogen-bond acceptors (Lipinski definition) is 1. The van der Waals surface area contributed by atoms with Crippen molar-refractivity contribution in [2.24, 2.45) is 17.8 Å². The van der Waals surface area contributed by atoms with E-state index in [1.807, 2.05) is 0 Å². The van der Waals surface area contributed by atoms with Crippen molar-refractivity contribution in [3.05, 3.63) is 35.4 Å². The van der Waals surface area contributed by atoms with Crippen molar-refractivity contribution in [3.8, 4) is 0 Å². The zero-order valence-corrected chi connectivity index (χ0v) is 12.4. The first-order valence-corrected chi connectivity index (χ1v) is 8.06. The van der Waals surface area contributed by atoms with E-state index in [9.17, 15) is 0 Å². The quantitative estimate of drug-likeness (QED) is 0.827. The van der Waals surface area contributed by atoms with Gasteiger partial charge in [-0.15, -0.1) is 0 Å². The van der Waals surface area contributed by atoms with Gasteiger partial charge in [-0.3, -0.25) is 0 Å². The molecule has 3 rings (SSSR count). The summed E-state index contributed by atoms with van der Waals surface area (Å²) in [5.74, 6) is 3.07. The van der Waals surface area contributed by atoms with Crippen LogP contribution in [0.1, 0.15) is 56.2 Å². The SMILES string of the molecule is CCc1ccccc1C(CC1CC2CCC1C2)NC. The van der Waals surface area contributed by atoms with Crippen molar-refractivity contribution in [3.63, 3.8) is 0 Å². The molecule has 2 saturated carbocycles. The van der Waals surface area contributed by atoms with Crippen LogP contribution >= 0.6 is 0 Å². The Bertz CT molecular complexity index is 425. The van der Waals surface area contributed by atoms with Gasteiger partial charge >= 0.3 is 0 Å². The molecule has 0 aliphatic heterocycles. The summed E-state index contributed by atoms with van der Waals surface area (Å²) in [4.78, 5) is 0. The fourth-order valence-corrected chi connectivity index (χ4v) is 4.56. The van der Waals surface area contributed by atoms with Gasteiger partial charge in [0.2, 0.25) is 0 Å². The normalized spacial score (nSPS) is 30.7. The molecule has 1 nitrogen and oxygen atoms in total. The maximum absolute atomic E-state index is 3.58. The Balaban J connectivity index is 1.73. The number of fused-ring (bicyclic) bond motifs is 2. The molecule has 1 aromatic carbocycles. The van der Waals surface area contributed by atoms with Crippen molar-refractivity contribution < 1.29 is 0 Å². The van der Waals surface area contributed by atoms with Crippen LogP contribution in [0.3, 0.4) is 0 Å². The van der Waals surface area contributed by atoms with Crippen LogP contribution in [0, 0.1) is 17.8 Å². The first-order valence-electron chi connectivity index (χ1n) is 8.06. The molecule has 0 radical (unpaired) electrons. The van der Waals surface area contributed by atoms with Gasteiger partial charge in [-0.25, -0.2) is 0 Å². The Labute approximate surface area is 117 Å². The van der Waals surface area contributed by atoms with E-state index < -0.39 is 0 Å². The van der Waals surface area contributed by atoms with E-state index in [1.165, 1.54) is 43.2 Å². The van der Waals surface area contributed by atoms with Gasteiger partial charge < -0.3 is 5.32 Å². The average Bonchev–Trinajstić information content (AvgIpc) is 3.07. The maximum atomic E-state index is 3.58. The fourth-order valence-electron chi connectivity index (χ4n) is 4.56. The minimum atomic E-state index is 0.556. The van der Waals surface area contributed by atoms with E-state index in [2.05, 4.69) is 43.6 Å². The lowest BCUT2D eigenvalue weighted by Gasteiger charge is -2.28. The predicted octanol–water partition coefficient (Wildman–Crippen LogP) is 4.34. The van der Waals surface area contributed by atoms with E-state index in [-0.39, 0.29) is 0 Å². The summed E-state index contributed by atoms with van der Waals surface area (Å²) in [7, 11) is 2.13. The van der Waals surface area contributed by atoms with Crippen molar-refractivity contribution >= 4 is 0 Å². The molecule has 19 heavy (non-hydrogen) atoms. The summed E-state index contributed by atoms with van der Waals surface area (Å²) in [5, 5.41) is 3.58. The zero-order chi connectivity index (χ0) is 13.2. The maximum Gasteiger partial charge on any atom is 0.0323 e. The summed E-state index contributed by atoms with van der Waals surface area (Å²) in [6.07, 6.45) is 8.52. The number of hydrogen-bond donors (Lipinski definition) is 1. The average molecular weight is 257 g/mol. The van der Waals surface area contributed by atoms with Crippen molar-refractivity contribution in [1.82, 2.24) is 5.32 Å². The van der Waals surface area contributed by atoms with Crippen LogP contribution in [0.2, 0.25) is 0 Å². The van der Waals surface area contributed by atoms with Crippen LogP contribution in [0.4, 0.5) is 0 Å². The number of aryl methyl sites for hydroxylation is 1. The van der Waals surface area contributed by atoms with Crippen molar-refractivity contribution in [2.45, 2.75) is 51.5 Å². The summed E-state index contributed by atoms with van der Waals surface area (Å²) in [5.41, 5.74) is 3.06. The molecule has 1 heteroatoms. The van der Waals surface area contributed by atoms with Crippen LogP contribution < -0.4 is 5.32 Å². The van der Waals surface area contributed by atoms with Crippen molar-refractivity contribution in [2.75, 3.05) is 7.05 Å². The molecule has 1 N–H and O–H groups in total. The Morgan fingerprint density at radius 1 is 1.21 bits per heavy atom. The summed E-state index contributed by atoms with van der Waals surface area (Å²) >= 11 is 0. The Hall–Kier alpha value is -0.820. The van der Waals surface area contributed by atoms with Gasteiger partial charge in [0.1, 0.15) is 0 Å². The fraction of sp³-hybridized carbons (Fsp3) is 0.667. The molecule has 0 heterocycles. The Morgan fingerprint density at radius 2 is 2.05 bits per heavy atom. The number of benzene rings is 1. The highest BCUT2D eigenvalue weighted by atomic mass is 14.9. The van der Waals surface area contributed by atoms with E-state index in [0.29, 0.717) is 6.04 Å². The molecule has 2 aliphatic rings. The molecular formula is C18H27N. The summed E-state index contributed by atoms with van der Waals surface area (Å²) in [6, 6.07) is 9.54. The first kappa shape index (κ1) is 13.2. The molecule has 4 unspecified atom stereocenters. The molecular weight excluding hydrogens is 230 g/mol. The van der Waals surface area contributed by atoms with Gasteiger partial charge in [-0.05, 0) is 68.0 Å². The molecule has 104 valence electrons. The lowest BCUT2D eigenvalue weighted by Crippen LogP contribution is -2.23. The Kier molecular flexibility index (Phi) is 3.93. The highest BCUT2D eigenvalue weighted by Gasteiger charge is 2.40. The minimum Gasteiger partial charge on any atom is -0.313 e. The van der Waals surface area contributed by atoms with Gasteiger partial charge in [0, 0.05) is 6.04 Å². The Morgan fingerprint density at radius 3 is 2.68 bits per heavy atom. The second-order valence-corrected chi connectivity index (χ2v) is 6.56. The van der Waals surface area contributed by atoms with Crippen LogP contribution in [0.25, 0.3) is 0 Å². The second-order valence-electron chi connectivity index (χ2n) is 6.56. The number of nitrogens with one attached hydrogen (secondary N) is 1. The van der Waals surface area contributed by atoms with E-state index >= 15 is 0 Å². The highest BCUT2D eigenvalue weighted by molar-refractivity contribution is 5.30. The van der Waals surface area contributed by atoms with Crippen LogP contribution in [0.5, 0.6) is 0 Å². The van der Waals surface area contributed by atoms with Crippen LogP contribution in [-0.2, 0) is 6.42 Å². The molecule has 4 atom stereocenters. The first-order chi connectivity index (χ1) is 9.31.